The molecule has 1 N–H and O–H groups in total. The summed E-state index contributed by atoms with van der Waals surface area (Å²) < 4.78 is 11.9. The van der Waals surface area contributed by atoms with E-state index >= 15 is 0 Å². The molecule has 0 spiro atoms. The standard InChI is InChI=1S/C15H16BrN3O3S/c16-12-6-2-1-5-11(12)14-18-19-15(22-14)23-9-13(20)17-8-10-4-3-7-21-10/h1-2,5-6,10H,3-4,7-9H2,(H,17,20)/t10-/m0/s1. The number of nitrogens with one attached hydrogen (secondary N) is 1. The Morgan fingerprint density at radius 2 is 2.26 bits per heavy atom. The fourth-order valence-corrected chi connectivity index (χ4v) is 3.27. The van der Waals surface area contributed by atoms with Crippen LogP contribution in [0.3, 0.4) is 0 Å². The largest absolute Gasteiger partial charge is 0.411 e. The first kappa shape index (κ1) is 16.5. The lowest BCUT2D eigenvalue weighted by atomic mass is 10.2. The molecule has 1 atom stereocenters. The fraction of sp³-hybridized carbons (Fsp3) is 0.400. The van der Waals surface area contributed by atoms with Gasteiger partial charge < -0.3 is 14.5 Å². The number of aromatic nitrogens is 2. The van der Waals surface area contributed by atoms with Gasteiger partial charge in [-0.05, 0) is 40.9 Å². The summed E-state index contributed by atoms with van der Waals surface area (Å²) in [5.74, 6) is 0.607. The second-order valence-electron chi connectivity index (χ2n) is 5.08. The topological polar surface area (TPSA) is 77.2 Å². The third-order valence-corrected chi connectivity index (χ3v) is 4.90. The molecule has 1 amide bonds. The molecule has 1 saturated heterocycles. The molecule has 23 heavy (non-hydrogen) atoms. The summed E-state index contributed by atoms with van der Waals surface area (Å²) in [5.41, 5.74) is 0.828. The summed E-state index contributed by atoms with van der Waals surface area (Å²) in [5, 5.41) is 11.2. The number of hydrogen-bond acceptors (Lipinski definition) is 6. The Hall–Kier alpha value is -1.38. The molecule has 122 valence electrons. The number of carbonyl (C=O) groups excluding carboxylic acids is 1. The second-order valence-corrected chi connectivity index (χ2v) is 6.86. The van der Waals surface area contributed by atoms with Crippen LogP contribution < -0.4 is 5.32 Å². The van der Waals surface area contributed by atoms with E-state index in [1.54, 1.807) is 0 Å². The lowest BCUT2D eigenvalue weighted by molar-refractivity contribution is -0.119. The summed E-state index contributed by atoms with van der Waals surface area (Å²) >= 11 is 4.67. The number of amides is 1. The molecule has 1 aliphatic heterocycles. The maximum Gasteiger partial charge on any atom is 0.277 e. The maximum absolute atomic E-state index is 11.8. The van der Waals surface area contributed by atoms with Crippen LogP contribution >= 0.6 is 27.7 Å². The van der Waals surface area contributed by atoms with E-state index < -0.39 is 0 Å². The number of halogens is 1. The van der Waals surface area contributed by atoms with Gasteiger partial charge in [0, 0.05) is 17.6 Å². The maximum atomic E-state index is 11.8. The molecule has 1 aromatic heterocycles. The van der Waals surface area contributed by atoms with E-state index in [1.165, 1.54) is 11.8 Å². The van der Waals surface area contributed by atoms with Gasteiger partial charge in [-0.2, -0.15) is 0 Å². The van der Waals surface area contributed by atoms with Crippen molar-refractivity contribution >= 4 is 33.6 Å². The van der Waals surface area contributed by atoms with Crippen LogP contribution in [0.5, 0.6) is 0 Å². The number of benzene rings is 1. The highest BCUT2D eigenvalue weighted by Gasteiger charge is 2.17. The number of carbonyl (C=O) groups is 1. The third-order valence-electron chi connectivity index (χ3n) is 3.39. The van der Waals surface area contributed by atoms with Crippen LogP contribution in [-0.4, -0.2) is 41.1 Å². The average molecular weight is 398 g/mol. The number of hydrogen-bond donors (Lipinski definition) is 1. The van der Waals surface area contributed by atoms with Gasteiger partial charge in [-0.15, -0.1) is 10.2 Å². The molecule has 0 bridgehead atoms. The SMILES string of the molecule is O=C(CSc1nnc(-c2ccccc2Br)o1)NC[C@@H]1CCCO1. The quantitative estimate of drug-likeness (QED) is 0.755. The van der Waals surface area contributed by atoms with Crippen LogP contribution in [0.1, 0.15) is 12.8 Å². The molecule has 2 aromatic rings. The highest BCUT2D eigenvalue weighted by atomic mass is 79.9. The third kappa shape index (κ3) is 4.55. The summed E-state index contributed by atoms with van der Waals surface area (Å²) in [6.45, 7) is 1.35. The van der Waals surface area contributed by atoms with Gasteiger partial charge in [0.2, 0.25) is 11.8 Å². The van der Waals surface area contributed by atoms with Crippen molar-refractivity contribution < 1.29 is 13.9 Å². The molecule has 1 fully saturated rings. The van der Waals surface area contributed by atoms with Gasteiger partial charge in [0.25, 0.3) is 5.22 Å². The zero-order valence-corrected chi connectivity index (χ0v) is 14.7. The zero-order valence-electron chi connectivity index (χ0n) is 12.3. The Morgan fingerprint density at radius 1 is 1.39 bits per heavy atom. The van der Waals surface area contributed by atoms with Crippen molar-refractivity contribution in [2.24, 2.45) is 0 Å². The van der Waals surface area contributed by atoms with E-state index in [-0.39, 0.29) is 17.8 Å². The molecular formula is C15H16BrN3O3S. The van der Waals surface area contributed by atoms with Gasteiger partial charge in [0.05, 0.1) is 17.4 Å². The predicted octanol–water partition coefficient (Wildman–Crippen LogP) is 2.89. The van der Waals surface area contributed by atoms with E-state index in [4.69, 9.17) is 9.15 Å². The number of nitrogens with zero attached hydrogens (tertiary/aromatic N) is 2. The van der Waals surface area contributed by atoms with Crippen LogP contribution in [0.15, 0.2) is 38.4 Å². The van der Waals surface area contributed by atoms with Gasteiger partial charge in [-0.3, -0.25) is 4.79 Å². The average Bonchev–Trinajstić information content (AvgIpc) is 3.23. The summed E-state index contributed by atoms with van der Waals surface area (Å²) in [7, 11) is 0. The molecule has 0 aliphatic carbocycles. The van der Waals surface area contributed by atoms with Crippen LogP contribution in [0.25, 0.3) is 11.5 Å². The Labute approximate surface area is 146 Å². The predicted molar refractivity (Wildman–Crippen MR) is 90.1 cm³/mol. The normalized spacial score (nSPS) is 17.3. The molecule has 8 heteroatoms. The minimum Gasteiger partial charge on any atom is -0.411 e. The first-order valence-corrected chi connectivity index (χ1v) is 9.10. The van der Waals surface area contributed by atoms with Crippen LogP contribution in [0.2, 0.25) is 0 Å². The lowest BCUT2D eigenvalue weighted by Crippen LogP contribution is -2.32. The van der Waals surface area contributed by atoms with Gasteiger partial charge >= 0.3 is 0 Å². The van der Waals surface area contributed by atoms with Crippen molar-refractivity contribution in [1.29, 1.82) is 0 Å². The molecule has 1 aliphatic rings. The Kier molecular flexibility index (Phi) is 5.69. The summed E-state index contributed by atoms with van der Waals surface area (Å²) in [4.78, 5) is 11.8. The molecular weight excluding hydrogens is 382 g/mol. The number of ether oxygens (including phenoxy) is 1. The van der Waals surface area contributed by atoms with E-state index in [0.717, 1.165) is 29.5 Å². The van der Waals surface area contributed by atoms with E-state index in [0.29, 0.717) is 17.7 Å². The molecule has 0 unspecified atom stereocenters. The lowest BCUT2D eigenvalue weighted by Gasteiger charge is -2.09. The molecule has 0 radical (unpaired) electrons. The monoisotopic (exact) mass is 397 g/mol. The van der Waals surface area contributed by atoms with Crippen LogP contribution in [-0.2, 0) is 9.53 Å². The molecule has 0 saturated carbocycles. The van der Waals surface area contributed by atoms with Crippen molar-refractivity contribution in [3.05, 3.63) is 28.7 Å². The highest BCUT2D eigenvalue weighted by Crippen LogP contribution is 2.28. The van der Waals surface area contributed by atoms with Crippen molar-refractivity contribution in [2.75, 3.05) is 18.9 Å². The van der Waals surface area contributed by atoms with Gasteiger partial charge in [-0.25, -0.2) is 0 Å². The van der Waals surface area contributed by atoms with Crippen molar-refractivity contribution in [3.63, 3.8) is 0 Å². The smallest absolute Gasteiger partial charge is 0.277 e. The van der Waals surface area contributed by atoms with Gasteiger partial charge in [-0.1, -0.05) is 23.9 Å². The number of rotatable bonds is 6. The first-order valence-electron chi connectivity index (χ1n) is 7.32. The van der Waals surface area contributed by atoms with E-state index in [9.17, 15) is 4.79 Å². The van der Waals surface area contributed by atoms with Gasteiger partial charge in [0.15, 0.2) is 0 Å². The molecule has 2 heterocycles. The zero-order chi connectivity index (χ0) is 16.1. The Balaban J connectivity index is 1.49. The van der Waals surface area contributed by atoms with Crippen molar-refractivity contribution in [1.82, 2.24) is 15.5 Å². The Bertz CT molecular complexity index is 673. The number of thioether (sulfide) groups is 1. The fourth-order valence-electron chi connectivity index (χ4n) is 2.22. The van der Waals surface area contributed by atoms with Crippen LogP contribution in [0, 0.1) is 0 Å². The van der Waals surface area contributed by atoms with Crippen molar-refractivity contribution in [3.8, 4) is 11.5 Å². The molecule has 1 aromatic carbocycles. The van der Waals surface area contributed by atoms with Gasteiger partial charge in [0.1, 0.15) is 0 Å². The van der Waals surface area contributed by atoms with E-state index in [1.807, 2.05) is 24.3 Å². The minimum atomic E-state index is -0.0638. The highest BCUT2D eigenvalue weighted by molar-refractivity contribution is 9.10. The first-order chi connectivity index (χ1) is 11.2. The minimum absolute atomic E-state index is 0.0638. The molecule has 6 nitrogen and oxygen atoms in total. The van der Waals surface area contributed by atoms with Crippen LogP contribution in [0.4, 0.5) is 0 Å². The van der Waals surface area contributed by atoms with Crippen molar-refractivity contribution in [2.45, 2.75) is 24.2 Å². The Morgan fingerprint density at radius 3 is 3.04 bits per heavy atom. The second kappa shape index (κ2) is 7.94. The summed E-state index contributed by atoms with van der Waals surface area (Å²) in [6.07, 6.45) is 2.22. The van der Waals surface area contributed by atoms with E-state index in [2.05, 4.69) is 31.4 Å². The molecule has 3 rings (SSSR count). The summed E-state index contributed by atoms with van der Waals surface area (Å²) in [6, 6.07) is 7.61.